The minimum absolute atomic E-state index is 0.119. The van der Waals surface area contributed by atoms with Crippen LogP contribution in [0.15, 0.2) is 88.8 Å². The van der Waals surface area contributed by atoms with Gasteiger partial charge in [0.25, 0.3) is 5.91 Å². The van der Waals surface area contributed by atoms with E-state index in [0.717, 1.165) is 33.7 Å². The Kier molecular flexibility index (Phi) is 6.73. The van der Waals surface area contributed by atoms with Crippen molar-refractivity contribution in [2.45, 2.75) is 13.8 Å². The predicted molar refractivity (Wildman–Crippen MR) is 145 cm³/mol. The number of benzene rings is 3. The second kappa shape index (κ2) is 10.3. The van der Waals surface area contributed by atoms with E-state index in [4.69, 9.17) is 14.9 Å². The van der Waals surface area contributed by atoms with Crippen molar-refractivity contribution >= 4 is 40.4 Å². The van der Waals surface area contributed by atoms with Crippen molar-refractivity contribution in [2.24, 2.45) is 4.99 Å². The first-order valence-electron chi connectivity index (χ1n) is 11.6. The molecule has 3 aromatic carbocycles. The van der Waals surface area contributed by atoms with Gasteiger partial charge in [0.2, 0.25) is 0 Å². The molecule has 0 saturated heterocycles. The molecule has 0 radical (unpaired) electrons. The Morgan fingerprint density at radius 3 is 2.28 bits per heavy atom. The molecule has 1 amide bonds. The van der Waals surface area contributed by atoms with Crippen molar-refractivity contribution in [2.75, 3.05) is 13.2 Å². The van der Waals surface area contributed by atoms with Crippen LogP contribution in [0.25, 0.3) is 11.8 Å². The third-order valence-electron chi connectivity index (χ3n) is 5.69. The monoisotopic (exact) mass is 495 g/mol. The van der Waals surface area contributed by atoms with Crippen molar-refractivity contribution in [1.82, 2.24) is 4.90 Å². The Morgan fingerprint density at radius 2 is 1.58 bits per heavy atom. The molecule has 3 aromatic rings. The lowest BCUT2D eigenvalue weighted by Gasteiger charge is -2.26. The fourth-order valence-corrected chi connectivity index (χ4v) is 4.97. The van der Waals surface area contributed by atoms with Crippen molar-refractivity contribution in [1.29, 1.82) is 5.41 Å². The molecule has 2 heterocycles. The lowest BCUT2D eigenvalue weighted by atomic mass is 10.1. The maximum absolute atomic E-state index is 12.7. The van der Waals surface area contributed by atoms with Crippen LogP contribution in [-0.2, 0) is 4.79 Å². The summed E-state index contributed by atoms with van der Waals surface area (Å²) in [5.41, 5.74) is 5.18. The van der Waals surface area contributed by atoms with Gasteiger partial charge in [0.05, 0.1) is 11.3 Å². The molecule has 0 unspecified atom stereocenters. The van der Waals surface area contributed by atoms with E-state index < -0.39 is 5.91 Å². The fraction of sp³-hybridized carbons (Fsp3) is 0.138. The van der Waals surface area contributed by atoms with Crippen molar-refractivity contribution in [3.8, 4) is 11.5 Å². The highest BCUT2D eigenvalue weighted by Crippen LogP contribution is 2.37. The highest BCUT2D eigenvalue weighted by Gasteiger charge is 2.36. The average Bonchev–Trinajstić information content (AvgIpc) is 3.29. The molecule has 0 aliphatic carbocycles. The summed E-state index contributed by atoms with van der Waals surface area (Å²) in [6.45, 7) is 4.94. The molecule has 0 aromatic heterocycles. The number of fused-ring (bicyclic) bond motifs is 1. The van der Waals surface area contributed by atoms with E-state index in [1.165, 1.54) is 11.8 Å². The number of ether oxygens (including phenoxy) is 2. The number of amides is 1. The van der Waals surface area contributed by atoms with Gasteiger partial charge < -0.3 is 9.47 Å². The summed E-state index contributed by atoms with van der Waals surface area (Å²) in [6.07, 6.45) is 1.70. The van der Waals surface area contributed by atoms with Crippen LogP contribution in [0.4, 0.5) is 0 Å². The normalized spacial score (nSPS) is 16.1. The van der Waals surface area contributed by atoms with Gasteiger partial charge in [-0.1, -0.05) is 60.3 Å². The second-order valence-corrected chi connectivity index (χ2v) is 9.35. The van der Waals surface area contributed by atoms with E-state index >= 15 is 0 Å². The zero-order chi connectivity index (χ0) is 25.1. The molecule has 5 rings (SSSR count). The maximum Gasteiger partial charge on any atom is 0.283 e. The Balaban J connectivity index is 1.23. The van der Waals surface area contributed by atoms with Crippen LogP contribution in [0.3, 0.4) is 0 Å². The molecule has 0 bridgehead atoms. The van der Waals surface area contributed by atoms with Gasteiger partial charge in [-0.3, -0.25) is 15.1 Å². The molecule has 2 aliphatic heterocycles. The Labute approximate surface area is 214 Å². The summed E-state index contributed by atoms with van der Waals surface area (Å²) in [5, 5.41) is 11.2. The van der Waals surface area contributed by atoms with Crippen molar-refractivity contribution in [3.63, 3.8) is 0 Å². The SMILES string of the molecule is Cc1cc(C)cc(OCCOc2ccc(/C=C3/C(=N)N4C(c5ccccc5)=CSC4=NC3=O)cc2)c1. The van der Waals surface area contributed by atoms with Crippen LogP contribution in [0.2, 0.25) is 0 Å². The molecular formula is C29H25N3O3S. The summed E-state index contributed by atoms with van der Waals surface area (Å²) >= 11 is 1.35. The molecule has 0 atom stereocenters. The van der Waals surface area contributed by atoms with E-state index in [9.17, 15) is 4.79 Å². The molecule has 1 N–H and O–H groups in total. The molecule has 6 nitrogen and oxygen atoms in total. The number of hydrogen-bond acceptors (Lipinski definition) is 5. The standard InChI is InChI=1S/C29H25N3O3S/c1-19-14-20(2)16-24(15-19)35-13-12-34-23-10-8-21(9-11-23)17-25-27(30)32-26(22-6-4-3-5-7-22)18-36-29(32)31-28(25)33/h3-11,14-18,30H,12-13H2,1-2H3/b25-17-,30-27?. The predicted octanol–water partition coefficient (Wildman–Crippen LogP) is 6.07. The quantitative estimate of drug-likeness (QED) is 0.318. The van der Waals surface area contributed by atoms with Crippen LogP contribution in [0, 0.1) is 19.3 Å². The van der Waals surface area contributed by atoms with Crippen LogP contribution < -0.4 is 9.47 Å². The summed E-state index contributed by atoms with van der Waals surface area (Å²) in [4.78, 5) is 18.6. The number of rotatable bonds is 7. The van der Waals surface area contributed by atoms with Crippen LogP contribution >= 0.6 is 11.8 Å². The number of nitrogens with one attached hydrogen (secondary N) is 1. The van der Waals surface area contributed by atoms with E-state index in [-0.39, 0.29) is 11.4 Å². The van der Waals surface area contributed by atoms with E-state index in [2.05, 4.69) is 11.1 Å². The Bertz CT molecular complexity index is 1390. The maximum atomic E-state index is 12.7. The highest BCUT2D eigenvalue weighted by molar-refractivity contribution is 8.17. The molecule has 180 valence electrons. The molecule has 0 fully saturated rings. The molecular weight excluding hydrogens is 470 g/mol. The van der Waals surface area contributed by atoms with Gasteiger partial charge in [-0.05, 0) is 66.4 Å². The smallest absolute Gasteiger partial charge is 0.283 e. The van der Waals surface area contributed by atoms with Gasteiger partial charge in [-0.25, -0.2) is 0 Å². The zero-order valence-corrected chi connectivity index (χ0v) is 20.8. The third-order valence-corrected chi connectivity index (χ3v) is 6.52. The lowest BCUT2D eigenvalue weighted by Crippen LogP contribution is -2.38. The van der Waals surface area contributed by atoms with E-state index in [1.807, 2.05) is 86.0 Å². The number of aryl methyl sites for hydroxylation is 2. The molecule has 7 heteroatoms. The van der Waals surface area contributed by atoms with Crippen molar-refractivity contribution < 1.29 is 14.3 Å². The van der Waals surface area contributed by atoms with E-state index in [1.54, 1.807) is 11.0 Å². The summed E-state index contributed by atoms with van der Waals surface area (Å²) in [5.74, 6) is 1.25. The van der Waals surface area contributed by atoms with Gasteiger partial charge in [-0.15, -0.1) is 0 Å². The van der Waals surface area contributed by atoms with E-state index in [0.29, 0.717) is 24.1 Å². The molecule has 2 aliphatic rings. The second-order valence-electron chi connectivity index (χ2n) is 8.52. The van der Waals surface area contributed by atoms with Gasteiger partial charge in [-0.2, -0.15) is 4.99 Å². The Morgan fingerprint density at radius 1 is 0.917 bits per heavy atom. The first-order chi connectivity index (χ1) is 17.5. The minimum Gasteiger partial charge on any atom is -0.490 e. The number of carbonyl (C=O) groups is 1. The largest absolute Gasteiger partial charge is 0.490 e. The third kappa shape index (κ3) is 5.11. The van der Waals surface area contributed by atoms with Gasteiger partial charge in [0.15, 0.2) is 5.17 Å². The van der Waals surface area contributed by atoms with Crippen LogP contribution in [-0.4, -0.2) is 35.0 Å². The summed E-state index contributed by atoms with van der Waals surface area (Å²) < 4.78 is 11.6. The minimum atomic E-state index is -0.412. The Hall–Kier alpha value is -4.10. The summed E-state index contributed by atoms with van der Waals surface area (Å²) in [6, 6.07) is 23.3. The van der Waals surface area contributed by atoms with Gasteiger partial charge in [0, 0.05) is 5.41 Å². The molecule has 0 spiro atoms. The molecule has 36 heavy (non-hydrogen) atoms. The van der Waals surface area contributed by atoms with Crippen LogP contribution in [0.5, 0.6) is 11.5 Å². The zero-order valence-electron chi connectivity index (χ0n) is 20.0. The molecule has 0 saturated carbocycles. The summed E-state index contributed by atoms with van der Waals surface area (Å²) in [7, 11) is 0. The first kappa shape index (κ1) is 23.6. The topological polar surface area (TPSA) is 75.0 Å². The van der Waals surface area contributed by atoms with Gasteiger partial charge >= 0.3 is 0 Å². The number of carbonyl (C=O) groups excluding carboxylic acids is 1. The van der Waals surface area contributed by atoms with Crippen LogP contribution in [0.1, 0.15) is 22.3 Å². The van der Waals surface area contributed by atoms with Crippen molar-refractivity contribution in [3.05, 3.63) is 106 Å². The number of amidine groups is 2. The highest BCUT2D eigenvalue weighted by atomic mass is 32.2. The van der Waals surface area contributed by atoms with Gasteiger partial charge in [0.1, 0.15) is 30.5 Å². The lowest BCUT2D eigenvalue weighted by molar-refractivity contribution is -0.114. The number of thioether (sulfide) groups is 1. The average molecular weight is 496 g/mol. The number of aliphatic imine (C=N–C) groups is 1. The number of hydrogen-bond donors (Lipinski definition) is 1. The first-order valence-corrected chi connectivity index (χ1v) is 12.5. The fourth-order valence-electron chi connectivity index (χ4n) is 4.08. The number of nitrogens with zero attached hydrogens (tertiary/aromatic N) is 2.